The van der Waals surface area contributed by atoms with E-state index in [2.05, 4.69) is 82.3 Å². The van der Waals surface area contributed by atoms with Crippen molar-refractivity contribution in [3.05, 3.63) is 81.7 Å². The zero-order valence-corrected chi connectivity index (χ0v) is 18.3. The molecule has 0 amide bonds. The molecule has 1 aliphatic rings. The first-order valence-corrected chi connectivity index (χ1v) is 12.7. The van der Waals surface area contributed by atoms with Crippen LogP contribution in [0.25, 0.3) is 11.4 Å². The molecule has 0 heterocycles. The minimum atomic E-state index is -0.556. The second-order valence-electron chi connectivity index (χ2n) is 7.21. The van der Waals surface area contributed by atoms with Gasteiger partial charge in [0.15, 0.2) is 0 Å². The molecule has 0 spiro atoms. The Bertz CT molecular complexity index is 735. The number of rotatable bonds is 3. The molecule has 1 unspecified atom stereocenters. The summed E-state index contributed by atoms with van der Waals surface area (Å²) >= 11 is -0.556. The van der Waals surface area contributed by atoms with Crippen LogP contribution in [0.4, 0.5) is 0 Å². The van der Waals surface area contributed by atoms with Crippen molar-refractivity contribution in [2.75, 3.05) is 0 Å². The minimum absolute atomic E-state index is 0.00553. The topological polar surface area (TPSA) is 14.1 Å². The van der Waals surface area contributed by atoms with Crippen molar-refractivity contribution in [1.29, 1.82) is 0 Å². The Balaban J connectivity index is 0.000000701. The van der Waals surface area contributed by atoms with E-state index in [4.69, 9.17) is 23.9 Å². The van der Waals surface area contributed by atoms with Crippen molar-refractivity contribution in [2.24, 2.45) is 0 Å². The molecule has 0 N–H and O–H groups in total. The van der Waals surface area contributed by atoms with E-state index in [0.29, 0.717) is 5.92 Å². The average molecular weight is 409 g/mol. The van der Waals surface area contributed by atoms with Gasteiger partial charge in [-0.05, 0) is 23.6 Å². The Morgan fingerprint density at radius 3 is 2.16 bits per heavy atom. The van der Waals surface area contributed by atoms with Crippen molar-refractivity contribution in [3.8, 4) is 0 Å². The molecule has 1 aliphatic carbocycles. The Hall–Kier alpha value is -0.566. The van der Waals surface area contributed by atoms with Gasteiger partial charge in [0.2, 0.25) is 0 Å². The first-order chi connectivity index (χ1) is 11.9. The van der Waals surface area contributed by atoms with E-state index < -0.39 is 17.0 Å². The van der Waals surface area contributed by atoms with Crippen molar-refractivity contribution in [1.82, 2.24) is 0 Å². The molecule has 0 saturated heterocycles. The fraction of sp³-hybridized carbons (Fsp3) is 0.333. The van der Waals surface area contributed by atoms with E-state index in [0.717, 1.165) is 6.54 Å². The molecule has 4 heteroatoms. The summed E-state index contributed by atoms with van der Waals surface area (Å²) in [5, 5.41) is 4.82. The quantitative estimate of drug-likeness (QED) is 0.473. The van der Waals surface area contributed by atoms with Gasteiger partial charge in [0.1, 0.15) is 0 Å². The molecule has 1 nitrogen and oxygen atoms in total. The summed E-state index contributed by atoms with van der Waals surface area (Å²) in [6.45, 7) is 9.50. The fourth-order valence-electron chi connectivity index (χ4n) is 3.17. The summed E-state index contributed by atoms with van der Waals surface area (Å²) in [6, 6.07) is 17.5. The molecule has 1 atom stereocenters. The number of nitrogens with zero attached hydrogens (tertiary/aromatic N) is 1. The average Bonchev–Trinajstić information content (AvgIpc) is 2.89. The van der Waals surface area contributed by atoms with Gasteiger partial charge in [0.05, 0.1) is 0 Å². The van der Waals surface area contributed by atoms with Gasteiger partial charge in [0, 0.05) is 5.92 Å². The van der Waals surface area contributed by atoms with E-state index in [1.54, 1.807) is 0 Å². The van der Waals surface area contributed by atoms with Crippen LogP contribution in [0, 0.1) is 0 Å². The summed E-state index contributed by atoms with van der Waals surface area (Å²) in [7, 11) is 9.78. The van der Waals surface area contributed by atoms with E-state index in [1.807, 2.05) is 0 Å². The summed E-state index contributed by atoms with van der Waals surface area (Å²) in [5.41, 5.74) is 6.94. The van der Waals surface area contributed by atoms with Crippen LogP contribution < -0.4 is 0 Å². The van der Waals surface area contributed by atoms with Crippen LogP contribution in [0.2, 0.25) is 0 Å². The molecular formula is C21H24Cl2NTi-. The second-order valence-corrected chi connectivity index (χ2v) is 9.79. The Kier molecular flexibility index (Phi) is 7.79. The van der Waals surface area contributed by atoms with Crippen LogP contribution in [-0.4, -0.2) is 5.54 Å². The third-order valence-corrected chi connectivity index (χ3v) is 4.24. The Morgan fingerprint density at radius 2 is 1.52 bits per heavy atom. The molecule has 0 radical (unpaired) electrons. The van der Waals surface area contributed by atoms with Gasteiger partial charge < -0.3 is 5.32 Å². The molecule has 0 aliphatic heterocycles. The monoisotopic (exact) mass is 408 g/mol. The third kappa shape index (κ3) is 5.71. The number of halogens is 2. The van der Waals surface area contributed by atoms with Gasteiger partial charge in [-0.25, -0.2) is 0 Å². The summed E-state index contributed by atoms with van der Waals surface area (Å²) in [5.74, 6) is 0.377. The van der Waals surface area contributed by atoms with Crippen molar-refractivity contribution in [3.63, 3.8) is 0 Å². The van der Waals surface area contributed by atoms with Crippen LogP contribution in [0.15, 0.2) is 54.1 Å². The van der Waals surface area contributed by atoms with E-state index in [1.165, 1.54) is 27.8 Å². The first-order valence-electron chi connectivity index (χ1n) is 8.37. The van der Waals surface area contributed by atoms with Crippen molar-refractivity contribution >= 4 is 24.7 Å². The second kappa shape index (κ2) is 9.39. The van der Waals surface area contributed by atoms with Crippen molar-refractivity contribution in [2.45, 2.75) is 45.7 Å². The number of hydrogen-bond donors (Lipinski definition) is 0. The number of hydrogen-bond acceptors (Lipinski definition) is 0. The van der Waals surface area contributed by atoms with Gasteiger partial charge in [0.25, 0.3) is 0 Å². The normalized spacial score (nSPS) is 15.8. The van der Waals surface area contributed by atoms with Crippen molar-refractivity contribution < 1.29 is 17.0 Å². The zero-order valence-electron chi connectivity index (χ0n) is 15.2. The molecule has 2 aromatic carbocycles. The van der Waals surface area contributed by atoms with Crippen LogP contribution in [0.5, 0.6) is 0 Å². The van der Waals surface area contributed by atoms with Gasteiger partial charge in [-0.2, -0.15) is 0 Å². The predicted octanol–water partition coefficient (Wildman–Crippen LogP) is 7.28. The molecule has 132 valence electrons. The molecule has 0 fully saturated rings. The number of allylic oxidation sites excluding steroid dienone is 1. The predicted molar refractivity (Wildman–Crippen MR) is 107 cm³/mol. The van der Waals surface area contributed by atoms with Crippen LogP contribution in [0.3, 0.4) is 0 Å². The Labute approximate surface area is 168 Å². The maximum absolute atomic E-state index is 4.89. The molecule has 3 rings (SSSR count). The van der Waals surface area contributed by atoms with Crippen LogP contribution in [0.1, 0.15) is 55.9 Å². The number of benzene rings is 2. The zero-order chi connectivity index (χ0) is 18.4. The van der Waals surface area contributed by atoms with E-state index >= 15 is 0 Å². The molecule has 0 bridgehead atoms. The number of fused-ring (bicyclic) bond motifs is 1. The molecule has 2 aromatic rings. The van der Waals surface area contributed by atoms with Gasteiger partial charge in [-0.15, -0.1) is 12.1 Å². The molecular weight excluding hydrogens is 385 g/mol. The maximum atomic E-state index is 4.89. The molecule has 0 saturated carbocycles. The van der Waals surface area contributed by atoms with Gasteiger partial charge in [-0.3, -0.25) is 0 Å². The summed E-state index contributed by atoms with van der Waals surface area (Å²) < 4.78 is 0. The molecule has 0 aromatic heterocycles. The van der Waals surface area contributed by atoms with Gasteiger partial charge in [-0.1, -0.05) is 86.5 Å². The first kappa shape index (κ1) is 20.7. The van der Waals surface area contributed by atoms with E-state index in [9.17, 15) is 0 Å². The van der Waals surface area contributed by atoms with Crippen LogP contribution >= 0.6 is 18.6 Å². The summed E-state index contributed by atoms with van der Waals surface area (Å²) in [6.07, 6.45) is 2.32. The van der Waals surface area contributed by atoms with Crippen LogP contribution in [-0.2, 0) is 23.6 Å². The Morgan fingerprint density at radius 1 is 0.960 bits per heavy atom. The van der Waals surface area contributed by atoms with E-state index in [-0.39, 0.29) is 5.54 Å². The summed E-state index contributed by atoms with van der Waals surface area (Å²) in [4.78, 5) is 0. The molecule has 25 heavy (non-hydrogen) atoms. The fourth-order valence-corrected chi connectivity index (χ4v) is 3.17. The van der Waals surface area contributed by atoms with Gasteiger partial charge >= 0.3 is 35.6 Å². The standard InChI is InChI=1S/C21H24N.2ClH.Ti/c1-15-13-16-9-5-7-11-18(16)20(15)19-12-8-6-10-17(19)14-22-21(2,3)4;;;/h5-13,20H,14H2,1-4H3;2*1H;/q-1;;;+2/p-2. The third-order valence-electron chi connectivity index (χ3n) is 4.24. The SMILES string of the molecule is CC1=Cc2ccccc2C1c1ccccc1C[N-]C(C)(C)C.[Cl][Ti][Cl].